The topological polar surface area (TPSA) is 37.8 Å². The monoisotopic (exact) mass is 282 g/mol. The lowest BCUT2D eigenvalue weighted by molar-refractivity contribution is 0.530. The molecule has 108 valence electrons. The largest absolute Gasteiger partial charge is 0.336 e. The van der Waals surface area contributed by atoms with Crippen LogP contribution in [0.5, 0.6) is 0 Å². The molecule has 0 saturated carbocycles. The van der Waals surface area contributed by atoms with Crippen molar-refractivity contribution >= 4 is 12.2 Å². The van der Waals surface area contributed by atoms with Crippen molar-refractivity contribution in [1.29, 1.82) is 0 Å². The zero-order valence-electron chi connectivity index (χ0n) is 12.2. The molecule has 0 atom stereocenters. The molecule has 0 aromatic carbocycles. The Hall–Kier alpha value is -0.900. The summed E-state index contributed by atoms with van der Waals surface area (Å²) in [5, 5.41) is 0. The van der Waals surface area contributed by atoms with E-state index in [-0.39, 0.29) is 5.56 Å². The third-order valence-electron chi connectivity index (χ3n) is 3.39. The molecule has 1 aromatic heterocycles. The maximum absolute atomic E-state index is 11.8. The number of nitrogens with zero attached hydrogens (tertiary/aromatic N) is 1. The highest BCUT2D eigenvalue weighted by Crippen LogP contribution is 2.08. The summed E-state index contributed by atoms with van der Waals surface area (Å²) in [4.78, 5) is 14.8. The first-order valence-corrected chi connectivity index (χ1v) is 7.86. The van der Waals surface area contributed by atoms with Gasteiger partial charge >= 0.3 is 0 Å². The summed E-state index contributed by atoms with van der Waals surface area (Å²) in [5.41, 5.74) is 0.853. The number of hydrogen-bond donors (Lipinski definition) is 1. The van der Waals surface area contributed by atoms with Crippen molar-refractivity contribution in [2.45, 2.75) is 71.8 Å². The Morgan fingerprint density at radius 2 is 1.68 bits per heavy atom. The van der Waals surface area contributed by atoms with Crippen molar-refractivity contribution in [2.75, 3.05) is 0 Å². The summed E-state index contributed by atoms with van der Waals surface area (Å²) in [6, 6.07) is 1.61. The SMILES string of the molecule is CCCCCCCCCCn1c(=O)cc(C)[nH]c1=S. The minimum absolute atomic E-state index is 0.0178. The van der Waals surface area contributed by atoms with E-state index in [1.54, 1.807) is 10.6 Å². The van der Waals surface area contributed by atoms with Crippen molar-refractivity contribution in [1.82, 2.24) is 9.55 Å². The van der Waals surface area contributed by atoms with Gasteiger partial charge in [0.05, 0.1) is 0 Å². The van der Waals surface area contributed by atoms with E-state index in [0.717, 1.165) is 18.7 Å². The van der Waals surface area contributed by atoms with Gasteiger partial charge in [0, 0.05) is 18.3 Å². The second-order valence-electron chi connectivity index (χ2n) is 5.22. The van der Waals surface area contributed by atoms with Crippen LogP contribution < -0.4 is 5.56 Å². The third kappa shape index (κ3) is 6.19. The van der Waals surface area contributed by atoms with Crippen molar-refractivity contribution in [3.05, 3.63) is 26.9 Å². The normalized spacial score (nSPS) is 10.8. The number of aromatic nitrogens is 2. The Bertz CT molecular complexity index is 445. The van der Waals surface area contributed by atoms with E-state index < -0.39 is 0 Å². The minimum atomic E-state index is 0.0178. The highest BCUT2D eigenvalue weighted by Gasteiger charge is 1.99. The van der Waals surface area contributed by atoms with E-state index >= 15 is 0 Å². The molecule has 3 nitrogen and oxygen atoms in total. The molecule has 0 radical (unpaired) electrons. The second-order valence-corrected chi connectivity index (χ2v) is 5.61. The zero-order chi connectivity index (χ0) is 14.1. The van der Waals surface area contributed by atoms with Crippen molar-refractivity contribution < 1.29 is 0 Å². The van der Waals surface area contributed by atoms with Crippen LogP contribution in [0.2, 0.25) is 0 Å². The summed E-state index contributed by atoms with van der Waals surface area (Å²) >= 11 is 5.18. The van der Waals surface area contributed by atoms with E-state index in [1.807, 2.05) is 6.92 Å². The van der Waals surface area contributed by atoms with Crippen LogP contribution in [0.15, 0.2) is 10.9 Å². The van der Waals surface area contributed by atoms with Crippen molar-refractivity contribution in [3.63, 3.8) is 0 Å². The Morgan fingerprint density at radius 3 is 2.26 bits per heavy atom. The fourth-order valence-corrected chi connectivity index (χ4v) is 2.59. The molecule has 0 unspecified atom stereocenters. The smallest absolute Gasteiger partial charge is 0.254 e. The Balaban J connectivity index is 2.23. The van der Waals surface area contributed by atoms with Gasteiger partial charge in [-0.2, -0.15) is 0 Å². The molecule has 4 heteroatoms. The van der Waals surface area contributed by atoms with Gasteiger partial charge in [-0.15, -0.1) is 0 Å². The first kappa shape index (κ1) is 16.2. The third-order valence-corrected chi connectivity index (χ3v) is 3.71. The molecule has 1 heterocycles. The number of rotatable bonds is 9. The van der Waals surface area contributed by atoms with Gasteiger partial charge in [-0.05, 0) is 25.6 Å². The fourth-order valence-electron chi connectivity index (χ4n) is 2.25. The van der Waals surface area contributed by atoms with Crippen LogP contribution in [0, 0.1) is 11.7 Å². The summed E-state index contributed by atoms with van der Waals surface area (Å²) in [6.07, 6.45) is 10.2. The minimum Gasteiger partial charge on any atom is -0.336 e. The van der Waals surface area contributed by atoms with Gasteiger partial charge in [0.2, 0.25) is 0 Å². The van der Waals surface area contributed by atoms with Crippen LogP contribution >= 0.6 is 12.2 Å². The number of aromatic amines is 1. The van der Waals surface area contributed by atoms with Gasteiger partial charge in [0.15, 0.2) is 4.77 Å². The van der Waals surface area contributed by atoms with Gasteiger partial charge < -0.3 is 4.98 Å². The number of nitrogens with one attached hydrogen (secondary N) is 1. The average Bonchev–Trinajstić information content (AvgIpc) is 2.35. The van der Waals surface area contributed by atoms with E-state index in [0.29, 0.717) is 4.77 Å². The molecule has 0 bridgehead atoms. The average molecular weight is 282 g/mol. The van der Waals surface area contributed by atoms with E-state index in [1.165, 1.54) is 44.9 Å². The molecule has 0 aliphatic heterocycles. The van der Waals surface area contributed by atoms with Gasteiger partial charge in [0.25, 0.3) is 5.56 Å². The molecule has 0 fully saturated rings. The van der Waals surface area contributed by atoms with Crippen LogP contribution in [-0.2, 0) is 6.54 Å². The zero-order valence-corrected chi connectivity index (χ0v) is 13.0. The Kier molecular flexibility index (Phi) is 7.72. The molecule has 1 N–H and O–H groups in total. The maximum atomic E-state index is 11.8. The molecular formula is C15H26N2OS. The molecule has 19 heavy (non-hydrogen) atoms. The maximum Gasteiger partial charge on any atom is 0.254 e. The van der Waals surface area contributed by atoms with Crippen LogP contribution in [0.1, 0.15) is 64.0 Å². The summed E-state index contributed by atoms with van der Waals surface area (Å²) in [6.45, 7) is 4.84. The van der Waals surface area contributed by atoms with Crippen LogP contribution in [0.25, 0.3) is 0 Å². The molecule has 0 aliphatic rings. The van der Waals surface area contributed by atoms with Crippen molar-refractivity contribution in [3.8, 4) is 0 Å². The second kappa shape index (κ2) is 9.08. The molecule has 0 amide bonds. The van der Waals surface area contributed by atoms with E-state index in [9.17, 15) is 4.79 Å². The van der Waals surface area contributed by atoms with Gasteiger partial charge in [-0.1, -0.05) is 51.9 Å². The predicted molar refractivity (Wildman–Crippen MR) is 83.2 cm³/mol. The lowest BCUT2D eigenvalue weighted by Gasteiger charge is -2.06. The quantitative estimate of drug-likeness (QED) is 0.540. The molecular weight excluding hydrogens is 256 g/mol. The first-order chi connectivity index (χ1) is 9.15. The van der Waals surface area contributed by atoms with Crippen molar-refractivity contribution in [2.24, 2.45) is 0 Å². The summed E-state index contributed by atoms with van der Waals surface area (Å²) in [7, 11) is 0. The number of H-pyrrole nitrogens is 1. The molecule has 1 aromatic rings. The van der Waals surface area contributed by atoms with Gasteiger partial charge in [0.1, 0.15) is 0 Å². The first-order valence-electron chi connectivity index (χ1n) is 7.46. The highest BCUT2D eigenvalue weighted by molar-refractivity contribution is 7.71. The van der Waals surface area contributed by atoms with Crippen LogP contribution in [0.3, 0.4) is 0 Å². The predicted octanol–water partition coefficient (Wildman–Crippen LogP) is 4.36. The summed E-state index contributed by atoms with van der Waals surface area (Å²) < 4.78 is 2.22. The van der Waals surface area contributed by atoms with Gasteiger partial charge in [-0.3, -0.25) is 9.36 Å². The Labute approximate surface area is 121 Å². The lowest BCUT2D eigenvalue weighted by atomic mass is 10.1. The lowest BCUT2D eigenvalue weighted by Crippen LogP contribution is -2.21. The van der Waals surface area contributed by atoms with Crippen LogP contribution in [-0.4, -0.2) is 9.55 Å². The number of unbranched alkanes of at least 4 members (excludes halogenated alkanes) is 7. The number of hydrogen-bond acceptors (Lipinski definition) is 2. The molecule has 1 rings (SSSR count). The van der Waals surface area contributed by atoms with Crippen LogP contribution in [0.4, 0.5) is 0 Å². The fraction of sp³-hybridized carbons (Fsp3) is 0.733. The highest BCUT2D eigenvalue weighted by atomic mass is 32.1. The number of aryl methyl sites for hydroxylation is 1. The van der Waals surface area contributed by atoms with Gasteiger partial charge in [-0.25, -0.2) is 0 Å². The molecule has 0 aliphatic carbocycles. The Morgan fingerprint density at radius 1 is 1.11 bits per heavy atom. The van der Waals surface area contributed by atoms with E-state index in [4.69, 9.17) is 12.2 Å². The summed E-state index contributed by atoms with van der Waals surface area (Å²) in [5.74, 6) is 0. The molecule has 0 spiro atoms. The molecule has 0 saturated heterocycles. The standard InChI is InChI=1S/C15H26N2OS/c1-3-4-5-6-7-8-9-10-11-17-14(18)12-13(2)16-15(17)19/h12H,3-11H2,1-2H3,(H,16,19). The van der Waals surface area contributed by atoms with E-state index in [2.05, 4.69) is 11.9 Å².